The van der Waals surface area contributed by atoms with Crippen LogP contribution in [0.3, 0.4) is 0 Å². The van der Waals surface area contributed by atoms with Crippen molar-refractivity contribution < 1.29 is 36.9 Å². The molecule has 0 aromatic heterocycles. The number of nitrogens with one attached hydrogen (secondary N) is 2. The molecule has 11 heteroatoms. The van der Waals surface area contributed by atoms with Gasteiger partial charge in [0, 0.05) is 23.7 Å². The van der Waals surface area contributed by atoms with Gasteiger partial charge in [-0.25, -0.2) is 12.8 Å². The normalized spacial score (nSPS) is 21.8. The number of ether oxygens (including phenoxy) is 3. The Balaban J connectivity index is 1.26. The number of carbonyl (C=O) groups is 1. The Bertz CT molecular complexity index is 1430. The predicted octanol–water partition coefficient (Wildman–Crippen LogP) is 3.34. The molecule has 3 aromatic carbocycles. The molecule has 0 aliphatic carbocycles. The maximum atomic E-state index is 13.2. The molecule has 0 unspecified atom stereocenters. The number of aliphatic hydroxyl groups excluding tert-OH is 1. The molecule has 1 fully saturated rings. The molecule has 1 amide bonds. The third kappa shape index (κ3) is 6.00. The van der Waals surface area contributed by atoms with Gasteiger partial charge in [-0.05, 0) is 66.6 Å². The molecule has 4 atom stereocenters. The lowest BCUT2D eigenvalue weighted by Gasteiger charge is -2.37. The predicted molar refractivity (Wildman–Crippen MR) is 141 cm³/mol. The van der Waals surface area contributed by atoms with E-state index < -0.39 is 34.2 Å². The number of halogens is 1. The van der Waals surface area contributed by atoms with Gasteiger partial charge in [-0.2, -0.15) is 0 Å². The molecule has 206 valence electrons. The number of anilines is 1. The van der Waals surface area contributed by atoms with Crippen LogP contribution in [-0.2, 0) is 26.1 Å². The number of hydrogen-bond donors (Lipinski definition) is 3. The standard InChI is InChI=1S/C28H29FN2O7S/c1-36-20-7-2-17(3-8-20)15-30-27(33)14-21-13-24-23-12-19(6-11-25(23)38-28(24)26(16-32)37-21)31-39(34,35)22-9-4-18(29)5-10-22/h2-12,21,24,26,28,31-32H,13-16H2,1H3,(H,30,33)/t21-,24-,26-,28+/m1/s1. The van der Waals surface area contributed by atoms with Crippen molar-refractivity contribution in [2.45, 2.75) is 48.5 Å². The molecule has 2 aliphatic rings. The summed E-state index contributed by atoms with van der Waals surface area (Å²) in [5.74, 6) is 0.375. The highest BCUT2D eigenvalue weighted by atomic mass is 32.2. The molecular formula is C28H29FN2O7S. The molecule has 0 saturated carbocycles. The van der Waals surface area contributed by atoms with Crippen molar-refractivity contribution >= 4 is 21.6 Å². The Morgan fingerprint density at radius 3 is 2.54 bits per heavy atom. The van der Waals surface area contributed by atoms with Gasteiger partial charge in [0.05, 0.1) is 31.1 Å². The molecule has 0 radical (unpaired) electrons. The second-order valence-corrected chi connectivity index (χ2v) is 11.2. The molecule has 3 N–H and O–H groups in total. The summed E-state index contributed by atoms with van der Waals surface area (Å²) in [5, 5.41) is 12.9. The van der Waals surface area contributed by atoms with Crippen molar-refractivity contribution in [3.8, 4) is 11.5 Å². The second-order valence-electron chi connectivity index (χ2n) is 9.54. The summed E-state index contributed by atoms with van der Waals surface area (Å²) in [5.41, 5.74) is 2.02. The van der Waals surface area contributed by atoms with E-state index >= 15 is 0 Å². The van der Waals surface area contributed by atoms with Gasteiger partial charge in [-0.1, -0.05) is 12.1 Å². The number of sulfonamides is 1. The van der Waals surface area contributed by atoms with Crippen LogP contribution in [0.1, 0.15) is 29.9 Å². The van der Waals surface area contributed by atoms with Crippen molar-refractivity contribution in [2.24, 2.45) is 0 Å². The van der Waals surface area contributed by atoms with Crippen LogP contribution in [0.4, 0.5) is 10.1 Å². The Morgan fingerprint density at radius 2 is 1.85 bits per heavy atom. The van der Waals surface area contributed by atoms with Gasteiger partial charge in [-0.15, -0.1) is 0 Å². The van der Waals surface area contributed by atoms with Gasteiger partial charge in [0.25, 0.3) is 10.0 Å². The first-order valence-corrected chi connectivity index (χ1v) is 14.0. The number of methoxy groups -OCH3 is 1. The fraction of sp³-hybridized carbons (Fsp3) is 0.321. The van der Waals surface area contributed by atoms with Crippen molar-refractivity contribution in [3.05, 3.63) is 83.7 Å². The largest absolute Gasteiger partial charge is 0.497 e. The van der Waals surface area contributed by atoms with Crippen molar-refractivity contribution in [2.75, 3.05) is 18.4 Å². The summed E-state index contributed by atoms with van der Waals surface area (Å²) in [7, 11) is -2.34. The van der Waals surface area contributed by atoms with E-state index in [4.69, 9.17) is 14.2 Å². The molecule has 3 aromatic rings. The van der Waals surface area contributed by atoms with Gasteiger partial charge in [0.2, 0.25) is 5.91 Å². The zero-order valence-corrected chi connectivity index (χ0v) is 22.0. The quantitative estimate of drug-likeness (QED) is 0.370. The monoisotopic (exact) mass is 556 g/mol. The average molecular weight is 557 g/mol. The third-order valence-electron chi connectivity index (χ3n) is 6.94. The fourth-order valence-corrected chi connectivity index (χ4v) is 6.05. The zero-order chi connectivity index (χ0) is 27.6. The number of benzene rings is 3. The maximum absolute atomic E-state index is 13.2. The van der Waals surface area contributed by atoms with E-state index in [1.54, 1.807) is 25.3 Å². The Morgan fingerprint density at radius 1 is 1.10 bits per heavy atom. The van der Waals surface area contributed by atoms with Crippen molar-refractivity contribution in [1.29, 1.82) is 0 Å². The molecule has 1 saturated heterocycles. The highest BCUT2D eigenvalue weighted by Gasteiger charge is 2.46. The van der Waals surface area contributed by atoms with Crippen LogP contribution in [0.2, 0.25) is 0 Å². The van der Waals surface area contributed by atoms with Crippen LogP contribution < -0.4 is 19.5 Å². The second kappa shape index (κ2) is 11.2. The summed E-state index contributed by atoms with van der Waals surface area (Å²) in [6.45, 7) is 0.0672. The molecule has 0 spiro atoms. The number of amides is 1. The minimum Gasteiger partial charge on any atom is -0.497 e. The minimum atomic E-state index is -3.93. The van der Waals surface area contributed by atoms with Gasteiger partial charge in [0.15, 0.2) is 0 Å². The Hall–Kier alpha value is -3.67. The number of carbonyl (C=O) groups excluding carboxylic acids is 1. The zero-order valence-electron chi connectivity index (χ0n) is 21.2. The molecule has 9 nitrogen and oxygen atoms in total. The molecule has 5 rings (SSSR count). The van der Waals surface area contributed by atoms with E-state index in [0.29, 0.717) is 24.4 Å². The number of aliphatic hydroxyl groups is 1. The average Bonchev–Trinajstić information content (AvgIpc) is 3.29. The van der Waals surface area contributed by atoms with Crippen molar-refractivity contribution in [1.82, 2.24) is 5.32 Å². The van der Waals surface area contributed by atoms with Crippen LogP contribution in [0.25, 0.3) is 0 Å². The fourth-order valence-electron chi connectivity index (χ4n) is 5.00. The molecule has 2 aliphatic heterocycles. The first-order valence-electron chi connectivity index (χ1n) is 12.5. The van der Waals surface area contributed by atoms with E-state index in [-0.39, 0.29) is 29.7 Å². The van der Waals surface area contributed by atoms with E-state index in [9.17, 15) is 22.7 Å². The van der Waals surface area contributed by atoms with E-state index in [2.05, 4.69) is 10.0 Å². The number of rotatable bonds is 9. The first kappa shape index (κ1) is 26.9. The van der Waals surface area contributed by atoms with Crippen molar-refractivity contribution in [3.63, 3.8) is 0 Å². The minimum absolute atomic E-state index is 0.0642. The summed E-state index contributed by atoms with van der Waals surface area (Å²) < 4.78 is 58.6. The summed E-state index contributed by atoms with van der Waals surface area (Å²) in [4.78, 5) is 12.6. The lowest BCUT2D eigenvalue weighted by atomic mass is 9.84. The highest BCUT2D eigenvalue weighted by molar-refractivity contribution is 7.92. The summed E-state index contributed by atoms with van der Waals surface area (Å²) in [6.07, 6.45) is -1.02. The smallest absolute Gasteiger partial charge is 0.261 e. The maximum Gasteiger partial charge on any atom is 0.261 e. The molecular weight excluding hydrogens is 527 g/mol. The van der Waals surface area contributed by atoms with E-state index in [0.717, 1.165) is 29.0 Å². The summed E-state index contributed by atoms with van der Waals surface area (Å²) >= 11 is 0. The lowest BCUT2D eigenvalue weighted by molar-refractivity contribution is -0.142. The first-order chi connectivity index (χ1) is 18.8. The van der Waals surface area contributed by atoms with Gasteiger partial charge in [-0.3, -0.25) is 9.52 Å². The summed E-state index contributed by atoms with van der Waals surface area (Å²) in [6, 6.07) is 16.9. The van der Waals surface area contributed by atoms with E-state index in [1.807, 2.05) is 24.3 Å². The lowest BCUT2D eigenvalue weighted by Crippen LogP contribution is -2.47. The van der Waals surface area contributed by atoms with Crippen LogP contribution >= 0.6 is 0 Å². The van der Waals surface area contributed by atoms with Crippen LogP contribution in [0, 0.1) is 5.82 Å². The van der Waals surface area contributed by atoms with E-state index in [1.165, 1.54) is 12.1 Å². The molecule has 0 bridgehead atoms. The van der Waals surface area contributed by atoms with Gasteiger partial charge >= 0.3 is 0 Å². The topological polar surface area (TPSA) is 123 Å². The van der Waals surface area contributed by atoms with Crippen LogP contribution in [-0.4, -0.2) is 51.5 Å². The highest BCUT2D eigenvalue weighted by Crippen LogP contribution is 2.47. The third-order valence-corrected chi connectivity index (χ3v) is 8.33. The Labute approximate surface area is 226 Å². The van der Waals surface area contributed by atoms with Crippen LogP contribution in [0.15, 0.2) is 71.6 Å². The van der Waals surface area contributed by atoms with Gasteiger partial charge in [0.1, 0.15) is 29.5 Å². The Kier molecular flexibility index (Phi) is 7.74. The molecule has 2 heterocycles. The number of fused-ring (bicyclic) bond motifs is 3. The number of hydrogen-bond acceptors (Lipinski definition) is 7. The molecule has 39 heavy (non-hydrogen) atoms. The van der Waals surface area contributed by atoms with Gasteiger partial charge < -0.3 is 24.6 Å². The van der Waals surface area contributed by atoms with Crippen LogP contribution in [0.5, 0.6) is 11.5 Å². The SMILES string of the molecule is COc1ccc(CNC(=O)C[C@H]2C[C@@H]3c4cc(NS(=O)(=O)c5ccc(F)cc5)ccc4O[C@@H]3[C@@H](CO)O2)cc1.